The SMILES string of the molecule is Cc1oc(N2CCC(CO)C2)nc1C(=O)O. The molecule has 16 heavy (non-hydrogen) atoms. The van der Waals surface area contributed by atoms with Crippen molar-refractivity contribution in [2.75, 3.05) is 24.6 Å². The lowest BCUT2D eigenvalue weighted by Gasteiger charge is -2.12. The molecule has 2 rings (SSSR count). The number of hydrogen-bond acceptors (Lipinski definition) is 5. The van der Waals surface area contributed by atoms with Crippen molar-refractivity contribution in [3.05, 3.63) is 11.5 Å². The quantitative estimate of drug-likeness (QED) is 0.780. The summed E-state index contributed by atoms with van der Waals surface area (Å²) in [5.74, 6) is -0.541. The summed E-state index contributed by atoms with van der Waals surface area (Å²) in [6, 6.07) is 0.339. The molecule has 1 fully saturated rings. The van der Waals surface area contributed by atoms with E-state index in [9.17, 15) is 4.79 Å². The van der Waals surface area contributed by atoms with E-state index in [1.165, 1.54) is 0 Å². The number of carboxylic acid groups (broad SMARTS) is 1. The number of carboxylic acids is 1. The molecule has 1 aliphatic heterocycles. The lowest BCUT2D eigenvalue weighted by molar-refractivity contribution is 0.0689. The van der Waals surface area contributed by atoms with Crippen LogP contribution in [0, 0.1) is 12.8 Å². The molecule has 2 N–H and O–H groups in total. The monoisotopic (exact) mass is 226 g/mol. The molecule has 6 heteroatoms. The second-order valence-corrected chi connectivity index (χ2v) is 3.99. The van der Waals surface area contributed by atoms with Crippen LogP contribution in [0.15, 0.2) is 4.42 Å². The van der Waals surface area contributed by atoms with Crippen LogP contribution in [0.4, 0.5) is 6.01 Å². The fourth-order valence-electron chi connectivity index (χ4n) is 1.87. The molecule has 1 unspecified atom stereocenters. The molecule has 1 aromatic heterocycles. The van der Waals surface area contributed by atoms with Gasteiger partial charge in [-0.3, -0.25) is 0 Å². The number of hydrogen-bond donors (Lipinski definition) is 2. The average Bonchev–Trinajstić information content (AvgIpc) is 2.83. The molecule has 0 amide bonds. The lowest BCUT2D eigenvalue weighted by Crippen LogP contribution is -2.21. The molecule has 1 aliphatic rings. The minimum Gasteiger partial charge on any atom is -0.476 e. The van der Waals surface area contributed by atoms with Gasteiger partial charge in [0.25, 0.3) is 6.01 Å². The lowest BCUT2D eigenvalue weighted by atomic mass is 10.1. The Hall–Kier alpha value is -1.56. The Morgan fingerprint density at radius 1 is 1.69 bits per heavy atom. The topological polar surface area (TPSA) is 86.8 Å². The van der Waals surface area contributed by atoms with Crippen molar-refractivity contribution in [2.45, 2.75) is 13.3 Å². The normalized spacial score (nSPS) is 20.4. The van der Waals surface area contributed by atoms with Gasteiger partial charge >= 0.3 is 5.97 Å². The molecule has 1 atom stereocenters. The van der Waals surface area contributed by atoms with Crippen molar-refractivity contribution in [3.8, 4) is 0 Å². The molecule has 0 radical (unpaired) electrons. The molecular weight excluding hydrogens is 212 g/mol. The highest BCUT2D eigenvalue weighted by atomic mass is 16.4. The van der Waals surface area contributed by atoms with E-state index in [4.69, 9.17) is 14.6 Å². The number of aromatic nitrogens is 1. The van der Waals surface area contributed by atoms with Crippen molar-refractivity contribution >= 4 is 12.0 Å². The van der Waals surface area contributed by atoms with Crippen LogP contribution in [-0.4, -0.2) is 40.9 Å². The van der Waals surface area contributed by atoms with Crippen LogP contribution >= 0.6 is 0 Å². The van der Waals surface area contributed by atoms with Crippen LogP contribution < -0.4 is 4.90 Å². The maximum Gasteiger partial charge on any atom is 0.358 e. The number of anilines is 1. The van der Waals surface area contributed by atoms with Crippen LogP contribution in [0.2, 0.25) is 0 Å². The Labute approximate surface area is 92.5 Å². The molecule has 1 aromatic rings. The van der Waals surface area contributed by atoms with Crippen LogP contribution in [0.25, 0.3) is 0 Å². The summed E-state index contributed by atoms with van der Waals surface area (Å²) in [7, 11) is 0. The second kappa shape index (κ2) is 4.13. The molecule has 0 saturated carbocycles. The number of rotatable bonds is 3. The summed E-state index contributed by atoms with van der Waals surface area (Å²) in [5.41, 5.74) is -0.0394. The number of aliphatic hydroxyl groups is 1. The molecule has 0 aliphatic carbocycles. The van der Waals surface area contributed by atoms with E-state index in [0.29, 0.717) is 18.3 Å². The zero-order valence-electron chi connectivity index (χ0n) is 9.01. The van der Waals surface area contributed by atoms with E-state index >= 15 is 0 Å². The first-order chi connectivity index (χ1) is 7.61. The largest absolute Gasteiger partial charge is 0.476 e. The minimum atomic E-state index is -1.08. The van der Waals surface area contributed by atoms with Crippen LogP contribution in [-0.2, 0) is 0 Å². The Morgan fingerprint density at radius 3 is 2.94 bits per heavy atom. The molecule has 0 aromatic carbocycles. The zero-order chi connectivity index (χ0) is 11.7. The summed E-state index contributed by atoms with van der Waals surface area (Å²) in [6.45, 7) is 3.13. The van der Waals surface area contributed by atoms with Gasteiger partial charge in [-0.25, -0.2) is 4.79 Å². The standard InChI is InChI=1S/C10H14N2O4/c1-6-8(9(14)15)11-10(16-6)12-3-2-7(4-12)5-13/h7,13H,2-5H2,1H3,(H,14,15). The summed E-state index contributed by atoms with van der Waals surface area (Å²) in [6.07, 6.45) is 0.875. The maximum absolute atomic E-state index is 10.8. The molecule has 0 bridgehead atoms. The maximum atomic E-state index is 10.8. The predicted octanol–water partition coefficient (Wildman–Crippen LogP) is 0.500. The van der Waals surface area contributed by atoms with Crippen LogP contribution in [0.5, 0.6) is 0 Å². The van der Waals surface area contributed by atoms with Crippen molar-refractivity contribution in [1.29, 1.82) is 0 Å². The molecule has 6 nitrogen and oxygen atoms in total. The van der Waals surface area contributed by atoms with Gasteiger partial charge in [0.1, 0.15) is 5.76 Å². The van der Waals surface area contributed by atoms with Crippen molar-refractivity contribution in [3.63, 3.8) is 0 Å². The van der Waals surface area contributed by atoms with Gasteiger partial charge in [-0.2, -0.15) is 4.98 Å². The van der Waals surface area contributed by atoms with Crippen molar-refractivity contribution in [2.24, 2.45) is 5.92 Å². The first-order valence-corrected chi connectivity index (χ1v) is 5.18. The van der Waals surface area contributed by atoms with Crippen LogP contribution in [0.1, 0.15) is 22.7 Å². The Bertz CT molecular complexity index is 402. The number of carbonyl (C=O) groups is 1. The molecule has 0 spiro atoms. The van der Waals surface area contributed by atoms with Crippen molar-refractivity contribution in [1.82, 2.24) is 4.98 Å². The Balaban J connectivity index is 2.16. The highest BCUT2D eigenvalue weighted by molar-refractivity contribution is 5.86. The number of oxazole rings is 1. The van der Waals surface area contributed by atoms with E-state index in [0.717, 1.165) is 13.0 Å². The highest BCUT2D eigenvalue weighted by Gasteiger charge is 2.27. The number of aliphatic hydroxyl groups excluding tert-OH is 1. The van der Waals surface area contributed by atoms with E-state index in [-0.39, 0.29) is 18.2 Å². The van der Waals surface area contributed by atoms with Crippen LogP contribution in [0.3, 0.4) is 0 Å². The molecule has 2 heterocycles. The van der Waals surface area contributed by atoms with Gasteiger partial charge in [-0.15, -0.1) is 0 Å². The van der Waals surface area contributed by atoms with Gasteiger partial charge in [0.15, 0.2) is 5.69 Å². The van der Waals surface area contributed by atoms with Crippen molar-refractivity contribution < 1.29 is 19.4 Å². The van der Waals surface area contributed by atoms with Gasteiger partial charge in [-0.1, -0.05) is 0 Å². The van der Waals surface area contributed by atoms with E-state index in [2.05, 4.69) is 4.98 Å². The summed E-state index contributed by atoms with van der Waals surface area (Å²) < 4.78 is 5.31. The zero-order valence-corrected chi connectivity index (χ0v) is 9.01. The average molecular weight is 226 g/mol. The van der Waals surface area contributed by atoms with E-state index in [1.54, 1.807) is 6.92 Å². The fraction of sp³-hybridized carbons (Fsp3) is 0.600. The van der Waals surface area contributed by atoms with Gasteiger partial charge in [0.05, 0.1) is 0 Å². The first-order valence-electron chi connectivity index (χ1n) is 5.18. The van der Waals surface area contributed by atoms with Gasteiger partial charge in [-0.05, 0) is 13.3 Å². The molecule has 88 valence electrons. The third kappa shape index (κ3) is 1.88. The Kier molecular flexibility index (Phi) is 2.82. The molecular formula is C10H14N2O4. The summed E-state index contributed by atoms with van der Waals surface area (Å²) in [4.78, 5) is 16.6. The van der Waals surface area contributed by atoms with Gasteiger partial charge in [0, 0.05) is 25.6 Å². The summed E-state index contributed by atoms with van der Waals surface area (Å²) in [5, 5.41) is 17.8. The third-order valence-corrected chi connectivity index (χ3v) is 2.80. The minimum absolute atomic E-state index is 0.0394. The number of nitrogens with zero attached hydrogens (tertiary/aromatic N) is 2. The van der Waals surface area contributed by atoms with Gasteiger partial charge < -0.3 is 19.5 Å². The Morgan fingerprint density at radius 2 is 2.44 bits per heavy atom. The van der Waals surface area contributed by atoms with E-state index in [1.807, 2.05) is 4.90 Å². The fourth-order valence-corrected chi connectivity index (χ4v) is 1.87. The molecule has 1 saturated heterocycles. The van der Waals surface area contributed by atoms with E-state index < -0.39 is 5.97 Å². The third-order valence-electron chi connectivity index (χ3n) is 2.80. The highest BCUT2D eigenvalue weighted by Crippen LogP contribution is 2.24. The second-order valence-electron chi connectivity index (χ2n) is 3.99. The predicted molar refractivity (Wildman–Crippen MR) is 55.6 cm³/mol. The van der Waals surface area contributed by atoms with Gasteiger partial charge in [0.2, 0.25) is 0 Å². The number of aryl methyl sites for hydroxylation is 1. The number of aromatic carboxylic acids is 1. The smallest absolute Gasteiger partial charge is 0.358 e. The first kappa shape index (κ1) is 10.9. The summed E-state index contributed by atoms with van der Waals surface area (Å²) >= 11 is 0.